The number of carboxylic acids is 1. The molecular formula is C20H18F2N2O3S. The van der Waals surface area contributed by atoms with Gasteiger partial charge in [0.25, 0.3) is 5.92 Å². The van der Waals surface area contributed by atoms with Crippen LogP contribution in [0.1, 0.15) is 28.8 Å². The Morgan fingerprint density at radius 3 is 2.93 bits per heavy atom. The maximum atomic E-state index is 14.4. The first-order valence-corrected chi connectivity index (χ1v) is 10.1. The second-order valence-corrected chi connectivity index (χ2v) is 8.47. The highest BCUT2D eigenvalue weighted by Crippen LogP contribution is 2.42. The lowest BCUT2D eigenvalue weighted by atomic mass is 9.97. The lowest BCUT2D eigenvalue weighted by Gasteiger charge is -2.26. The fourth-order valence-corrected chi connectivity index (χ4v) is 5.09. The summed E-state index contributed by atoms with van der Waals surface area (Å²) in [5.74, 6) is -4.01. The summed E-state index contributed by atoms with van der Waals surface area (Å²) in [5, 5.41) is 10.0. The van der Waals surface area contributed by atoms with E-state index in [2.05, 4.69) is 4.98 Å². The number of fused-ring (bicyclic) bond motifs is 2. The van der Waals surface area contributed by atoms with E-state index in [1.54, 1.807) is 22.9 Å². The average molecular weight is 404 g/mol. The maximum Gasteiger partial charge on any atom is 0.323 e. The van der Waals surface area contributed by atoms with Gasteiger partial charge in [0.1, 0.15) is 17.9 Å². The molecule has 28 heavy (non-hydrogen) atoms. The molecule has 1 unspecified atom stereocenters. The van der Waals surface area contributed by atoms with Crippen LogP contribution >= 0.6 is 0 Å². The number of aromatic nitrogens is 2. The Morgan fingerprint density at radius 1 is 1.39 bits per heavy atom. The molecule has 1 atom stereocenters. The first-order chi connectivity index (χ1) is 13.3. The summed E-state index contributed by atoms with van der Waals surface area (Å²) < 4.78 is 42.4. The van der Waals surface area contributed by atoms with Crippen LogP contribution in [0.25, 0.3) is 11.0 Å². The van der Waals surface area contributed by atoms with Crippen molar-refractivity contribution in [1.29, 1.82) is 0 Å². The quantitative estimate of drug-likeness (QED) is 0.674. The topological polar surface area (TPSA) is 78.2 Å². The first-order valence-electron chi connectivity index (χ1n) is 8.82. The molecule has 3 aromatic rings. The molecule has 0 radical (unpaired) electrons. The highest BCUT2D eigenvalue weighted by atomic mass is 32.2. The second-order valence-electron chi connectivity index (χ2n) is 6.93. The van der Waals surface area contributed by atoms with Crippen molar-refractivity contribution in [2.24, 2.45) is 0 Å². The van der Waals surface area contributed by atoms with Gasteiger partial charge < -0.3 is 14.2 Å². The Hall–Kier alpha value is -2.45. The minimum atomic E-state index is -2.99. The lowest BCUT2D eigenvalue weighted by molar-refractivity contribution is -0.137. The normalized spacial score (nSPS) is 18.2. The van der Waals surface area contributed by atoms with Crippen LogP contribution in [0.15, 0.2) is 41.4 Å². The van der Waals surface area contributed by atoms with E-state index in [9.17, 15) is 23.2 Å². The Labute approximate surface area is 163 Å². The summed E-state index contributed by atoms with van der Waals surface area (Å²) in [6, 6.07) is 8.29. The van der Waals surface area contributed by atoms with Gasteiger partial charge in [0.15, 0.2) is 4.90 Å². The molecule has 146 valence electrons. The molecule has 3 heterocycles. The molecule has 0 fully saturated rings. The predicted octanol–water partition coefficient (Wildman–Crippen LogP) is 3.62. The van der Waals surface area contributed by atoms with Crippen LogP contribution in [-0.2, 0) is 34.9 Å². The summed E-state index contributed by atoms with van der Waals surface area (Å²) in [7, 11) is 0. The van der Waals surface area contributed by atoms with Crippen LogP contribution in [0.2, 0.25) is 0 Å². The molecule has 5 nitrogen and oxygen atoms in total. The smallest absolute Gasteiger partial charge is 0.323 e. The molecule has 0 bridgehead atoms. The average Bonchev–Trinajstić information content (AvgIpc) is 2.91. The molecule has 2 aromatic heterocycles. The molecule has 0 amide bonds. The number of pyridine rings is 1. The summed E-state index contributed by atoms with van der Waals surface area (Å²) in [4.78, 5) is 15.7. The molecule has 1 N–H and O–H groups in total. The van der Waals surface area contributed by atoms with Gasteiger partial charge in [0, 0.05) is 17.3 Å². The van der Waals surface area contributed by atoms with Crippen LogP contribution in [0.5, 0.6) is 0 Å². The number of rotatable bonds is 4. The molecule has 0 spiro atoms. The van der Waals surface area contributed by atoms with Gasteiger partial charge in [-0.3, -0.25) is 4.79 Å². The first kappa shape index (κ1) is 18.9. The number of hydrogen-bond acceptors (Lipinski definition) is 3. The number of alkyl halides is 2. The van der Waals surface area contributed by atoms with Gasteiger partial charge in [-0.1, -0.05) is 6.07 Å². The largest absolute Gasteiger partial charge is 0.611 e. The zero-order valence-electron chi connectivity index (χ0n) is 15.1. The van der Waals surface area contributed by atoms with Gasteiger partial charge in [-0.2, -0.15) is 0 Å². The van der Waals surface area contributed by atoms with E-state index >= 15 is 0 Å². The van der Waals surface area contributed by atoms with E-state index in [1.807, 2.05) is 13.0 Å². The van der Waals surface area contributed by atoms with Crippen molar-refractivity contribution in [2.45, 2.75) is 37.1 Å². The fraction of sp³-hybridized carbons (Fsp3) is 0.300. The molecule has 4 rings (SSSR count). The summed E-state index contributed by atoms with van der Waals surface area (Å²) in [5.41, 5.74) is 2.65. The van der Waals surface area contributed by atoms with E-state index < -0.39 is 29.5 Å². The lowest BCUT2D eigenvalue weighted by Crippen LogP contribution is -2.28. The Kier molecular flexibility index (Phi) is 4.63. The minimum absolute atomic E-state index is 0.0349. The van der Waals surface area contributed by atoms with Gasteiger partial charge >= 0.3 is 5.97 Å². The number of aliphatic carboxylic acids is 1. The van der Waals surface area contributed by atoms with Crippen LogP contribution in [-0.4, -0.2) is 30.9 Å². The minimum Gasteiger partial charge on any atom is -0.611 e. The highest BCUT2D eigenvalue weighted by molar-refractivity contribution is 7.91. The van der Waals surface area contributed by atoms with Gasteiger partial charge in [-0.15, -0.1) is 0 Å². The number of hydrogen-bond donors (Lipinski definition) is 1. The third-order valence-corrected chi connectivity index (χ3v) is 6.59. The third kappa shape index (κ3) is 3.16. The van der Waals surface area contributed by atoms with E-state index in [-0.39, 0.29) is 22.8 Å². The van der Waals surface area contributed by atoms with Crippen molar-refractivity contribution in [3.63, 3.8) is 0 Å². The van der Waals surface area contributed by atoms with Gasteiger partial charge in [0.2, 0.25) is 0 Å². The van der Waals surface area contributed by atoms with Gasteiger partial charge in [0.05, 0.1) is 12.0 Å². The number of carbonyl (C=O) groups is 1. The van der Waals surface area contributed by atoms with Crippen LogP contribution < -0.4 is 0 Å². The maximum absolute atomic E-state index is 14.4. The molecule has 1 aromatic carbocycles. The number of halogens is 2. The summed E-state index contributed by atoms with van der Waals surface area (Å²) >= 11 is -1.41. The van der Waals surface area contributed by atoms with Crippen molar-refractivity contribution < 1.29 is 23.2 Å². The Morgan fingerprint density at radius 2 is 2.18 bits per heavy atom. The molecule has 0 aliphatic carbocycles. The van der Waals surface area contributed by atoms with Gasteiger partial charge in [-0.25, -0.2) is 13.8 Å². The Balaban J connectivity index is 1.79. The standard InChI is InChI=1S/C20H18F2N2O3S/c1-12-15(14-3-2-7-23-19(14)24(12)11-18(25)26)9-13-4-5-17-16(10-13)20(21,22)6-8-28(17)27/h2-5,7,10H,6,8-9,11H2,1H3,(H,25,26). The molecule has 8 heteroatoms. The molecule has 1 aliphatic heterocycles. The van der Waals surface area contributed by atoms with Crippen LogP contribution in [0.3, 0.4) is 0 Å². The molecule has 1 aliphatic rings. The van der Waals surface area contributed by atoms with Crippen LogP contribution in [0.4, 0.5) is 8.78 Å². The number of benzene rings is 1. The zero-order chi connectivity index (χ0) is 20.1. The summed E-state index contributed by atoms with van der Waals surface area (Å²) in [6.07, 6.45) is 1.53. The molecular weight excluding hydrogens is 386 g/mol. The third-order valence-electron chi connectivity index (χ3n) is 5.17. The molecule has 0 saturated heterocycles. The zero-order valence-corrected chi connectivity index (χ0v) is 15.9. The van der Waals surface area contributed by atoms with E-state index in [4.69, 9.17) is 0 Å². The van der Waals surface area contributed by atoms with Crippen molar-refractivity contribution >= 4 is 28.2 Å². The van der Waals surface area contributed by atoms with Crippen molar-refractivity contribution in [3.05, 3.63) is 58.9 Å². The van der Waals surface area contributed by atoms with Gasteiger partial charge in [-0.05, 0) is 59.9 Å². The fourth-order valence-electron chi connectivity index (χ4n) is 3.76. The predicted molar refractivity (Wildman–Crippen MR) is 101 cm³/mol. The second kappa shape index (κ2) is 6.86. The van der Waals surface area contributed by atoms with Crippen molar-refractivity contribution in [3.8, 4) is 0 Å². The number of nitrogens with zero attached hydrogens (tertiary/aromatic N) is 2. The Bertz CT molecular complexity index is 1080. The van der Waals surface area contributed by atoms with E-state index in [0.717, 1.165) is 16.6 Å². The summed E-state index contributed by atoms with van der Waals surface area (Å²) in [6.45, 7) is 1.59. The highest BCUT2D eigenvalue weighted by Gasteiger charge is 2.43. The van der Waals surface area contributed by atoms with E-state index in [0.29, 0.717) is 17.6 Å². The van der Waals surface area contributed by atoms with E-state index in [1.165, 1.54) is 12.1 Å². The monoisotopic (exact) mass is 404 g/mol. The molecule has 0 saturated carbocycles. The number of carboxylic acid groups (broad SMARTS) is 1. The van der Waals surface area contributed by atoms with Crippen molar-refractivity contribution in [1.82, 2.24) is 9.55 Å². The van der Waals surface area contributed by atoms with Crippen LogP contribution in [0, 0.1) is 6.92 Å². The van der Waals surface area contributed by atoms with Crippen molar-refractivity contribution in [2.75, 3.05) is 5.75 Å². The SMILES string of the molecule is Cc1c(Cc2ccc3c(c2)C(F)(F)CC[S+]3[O-])c2cccnc2n1CC(=O)O.